The van der Waals surface area contributed by atoms with Crippen LogP contribution in [0.25, 0.3) is 0 Å². The molecule has 1 N–H and O–H groups in total. The molecule has 0 unspecified atom stereocenters. The number of aliphatic imine (C=N–C) groups is 1. The van der Waals surface area contributed by atoms with Crippen molar-refractivity contribution in [2.75, 3.05) is 19.8 Å². The van der Waals surface area contributed by atoms with Gasteiger partial charge in [0.25, 0.3) is 0 Å². The second kappa shape index (κ2) is 10.4. The summed E-state index contributed by atoms with van der Waals surface area (Å²) in [5.74, 6) is -1.06. The lowest BCUT2D eigenvalue weighted by Crippen LogP contribution is -2.42. The molecule has 0 radical (unpaired) electrons. The molecule has 0 heterocycles. The van der Waals surface area contributed by atoms with Gasteiger partial charge >= 0.3 is 5.97 Å². The molecule has 1 saturated carbocycles. The van der Waals surface area contributed by atoms with Gasteiger partial charge in [-0.2, -0.15) is 0 Å². The summed E-state index contributed by atoms with van der Waals surface area (Å²) in [6.07, 6.45) is 0.744. The molecule has 7 heteroatoms. The zero-order valence-corrected chi connectivity index (χ0v) is 18.2. The average molecular weight is 418 g/mol. The quantitative estimate of drug-likeness (QED) is 0.585. The number of nitrogens with zero attached hydrogens (tertiary/aromatic N) is 1. The maximum atomic E-state index is 13.1. The lowest BCUT2D eigenvalue weighted by molar-refractivity contribution is -0.136. The zero-order valence-electron chi connectivity index (χ0n) is 18.2. The van der Waals surface area contributed by atoms with Gasteiger partial charge in [-0.3, -0.25) is 19.4 Å². The Hall–Kier alpha value is -2.70. The monoisotopic (exact) mass is 417 g/mol. The first-order chi connectivity index (χ1) is 14.2. The van der Waals surface area contributed by atoms with Gasteiger partial charge in [0.05, 0.1) is 19.6 Å². The fourth-order valence-electron chi connectivity index (χ4n) is 3.73. The molecule has 7 nitrogen and oxygen atoms in total. The highest BCUT2D eigenvalue weighted by molar-refractivity contribution is 6.23. The molecule has 0 saturated heterocycles. The summed E-state index contributed by atoms with van der Waals surface area (Å²) in [5.41, 5.74) is 0.935. The maximum absolute atomic E-state index is 13.1. The molecule has 1 aliphatic carbocycles. The van der Waals surface area contributed by atoms with Crippen LogP contribution in [0.2, 0.25) is 0 Å². The fraction of sp³-hybridized carbons (Fsp3) is 0.565. The van der Waals surface area contributed by atoms with Gasteiger partial charge in [-0.15, -0.1) is 0 Å². The molecule has 1 aromatic rings. The summed E-state index contributed by atoms with van der Waals surface area (Å²) in [4.78, 5) is 41.1. The lowest BCUT2D eigenvalue weighted by atomic mass is 9.69. The molecule has 1 aromatic carbocycles. The minimum absolute atomic E-state index is 0.0648. The Kier molecular flexibility index (Phi) is 8.15. The number of rotatable bonds is 10. The molecule has 0 bridgehead atoms. The predicted octanol–water partition coefficient (Wildman–Crippen LogP) is 3.52. The van der Waals surface area contributed by atoms with Crippen LogP contribution in [0, 0.1) is 11.3 Å². The molecule has 30 heavy (non-hydrogen) atoms. The number of carbonyl (C=O) groups is 3. The maximum Gasteiger partial charge on any atom is 0.305 e. The fourth-order valence-corrected chi connectivity index (χ4v) is 3.73. The zero-order chi connectivity index (χ0) is 22.3. The van der Waals surface area contributed by atoms with Crippen molar-refractivity contribution in [3.63, 3.8) is 0 Å². The second-order valence-electron chi connectivity index (χ2n) is 8.22. The van der Waals surface area contributed by atoms with E-state index in [-0.39, 0.29) is 36.4 Å². The summed E-state index contributed by atoms with van der Waals surface area (Å²) in [7, 11) is 0. The molecule has 1 atom stereocenters. The Labute approximate surface area is 177 Å². The number of hydrogen-bond donors (Lipinski definition) is 1. The highest BCUT2D eigenvalue weighted by Crippen LogP contribution is 2.36. The van der Waals surface area contributed by atoms with E-state index >= 15 is 0 Å². The summed E-state index contributed by atoms with van der Waals surface area (Å²) < 4.78 is 11.2. The Morgan fingerprint density at radius 1 is 1.13 bits per heavy atom. The van der Waals surface area contributed by atoms with Crippen LogP contribution >= 0.6 is 0 Å². The van der Waals surface area contributed by atoms with Crippen LogP contribution in [0.3, 0.4) is 0 Å². The average Bonchev–Trinajstić information content (AvgIpc) is 2.62. The van der Waals surface area contributed by atoms with Crippen LogP contribution in [-0.4, -0.2) is 48.1 Å². The van der Waals surface area contributed by atoms with E-state index in [1.54, 1.807) is 18.2 Å². The number of benzene rings is 1. The summed E-state index contributed by atoms with van der Waals surface area (Å²) in [6.45, 7) is 8.70. The van der Waals surface area contributed by atoms with Gasteiger partial charge < -0.3 is 14.6 Å². The molecule has 164 valence electrons. The molecule has 0 spiro atoms. The van der Waals surface area contributed by atoms with E-state index in [4.69, 9.17) is 14.6 Å². The predicted molar refractivity (Wildman–Crippen MR) is 114 cm³/mol. The first-order valence-corrected chi connectivity index (χ1v) is 10.4. The number of carbonyl (C=O) groups excluding carboxylic acids is 2. The van der Waals surface area contributed by atoms with Crippen molar-refractivity contribution in [3.8, 4) is 11.5 Å². The number of ketones is 2. The Balaban J connectivity index is 2.24. The van der Waals surface area contributed by atoms with Crippen LogP contribution in [0.1, 0.15) is 52.5 Å². The topological polar surface area (TPSA) is 102 Å². The van der Waals surface area contributed by atoms with E-state index in [9.17, 15) is 14.4 Å². The van der Waals surface area contributed by atoms with Crippen LogP contribution in [-0.2, 0) is 20.8 Å². The van der Waals surface area contributed by atoms with Gasteiger partial charge in [-0.05, 0) is 43.4 Å². The molecule has 1 fully saturated rings. The first kappa shape index (κ1) is 23.6. The summed E-state index contributed by atoms with van der Waals surface area (Å²) in [5, 5.41) is 8.87. The van der Waals surface area contributed by atoms with Crippen molar-refractivity contribution in [2.24, 2.45) is 16.3 Å². The summed E-state index contributed by atoms with van der Waals surface area (Å²) in [6, 6.07) is 5.33. The Morgan fingerprint density at radius 3 is 2.43 bits per heavy atom. The second-order valence-corrected chi connectivity index (χ2v) is 8.22. The lowest BCUT2D eigenvalue weighted by Gasteiger charge is -2.34. The number of carboxylic acid groups (broad SMARTS) is 1. The van der Waals surface area contributed by atoms with E-state index in [2.05, 4.69) is 4.99 Å². The third kappa shape index (κ3) is 6.40. The largest absolute Gasteiger partial charge is 0.490 e. The number of ether oxygens (including phenoxy) is 2. The third-order valence-electron chi connectivity index (χ3n) is 4.92. The molecule has 2 rings (SSSR count). The van der Waals surface area contributed by atoms with Crippen LogP contribution in [0.15, 0.2) is 23.2 Å². The van der Waals surface area contributed by atoms with Crippen molar-refractivity contribution < 1.29 is 29.0 Å². The molecular weight excluding hydrogens is 386 g/mol. The molecular formula is C23H31NO6. The van der Waals surface area contributed by atoms with Crippen molar-refractivity contribution in [1.29, 1.82) is 0 Å². The van der Waals surface area contributed by atoms with Crippen LogP contribution in [0.4, 0.5) is 0 Å². The van der Waals surface area contributed by atoms with E-state index < -0.39 is 11.9 Å². The number of hydrogen-bond acceptors (Lipinski definition) is 6. The molecule has 0 amide bonds. The number of carboxylic acids is 1. The van der Waals surface area contributed by atoms with Gasteiger partial charge in [0, 0.05) is 25.1 Å². The minimum atomic E-state index is -0.957. The Bertz CT molecular complexity index is 827. The SMILES string of the molecule is CCOc1ccc(CC(=O)[C@@H]2C(=O)CC(C)(C)CC2=NCCC(=O)O)cc1OCC. The summed E-state index contributed by atoms with van der Waals surface area (Å²) >= 11 is 0. The third-order valence-corrected chi connectivity index (χ3v) is 4.92. The van der Waals surface area contributed by atoms with Crippen molar-refractivity contribution in [3.05, 3.63) is 23.8 Å². The highest BCUT2D eigenvalue weighted by atomic mass is 16.5. The minimum Gasteiger partial charge on any atom is -0.490 e. The van der Waals surface area contributed by atoms with Gasteiger partial charge in [0.15, 0.2) is 17.3 Å². The van der Waals surface area contributed by atoms with E-state index in [1.807, 2.05) is 27.7 Å². The van der Waals surface area contributed by atoms with E-state index in [0.717, 1.165) is 5.56 Å². The highest BCUT2D eigenvalue weighted by Gasteiger charge is 2.41. The van der Waals surface area contributed by atoms with Gasteiger partial charge in [0.2, 0.25) is 0 Å². The van der Waals surface area contributed by atoms with Crippen molar-refractivity contribution in [2.45, 2.75) is 53.4 Å². The van der Waals surface area contributed by atoms with Crippen molar-refractivity contribution >= 4 is 23.2 Å². The Morgan fingerprint density at radius 2 is 1.80 bits per heavy atom. The van der Waals surface area contributed by atoms with Crippen LogP contribution in [0.5, 0.6) is 11.5 Å². The van der Waals surface area contributed by atoms with E-state index in [1.165, 1.54) is 0 Å². The van der Waals surface area contributed by atoms with Gasteiger partial charge in [0.1, 0.15) is 11.7 Å². The first-order valence-electron chi connectivity index (χ1n) is 10.4. The standard InChI is InChI=1S/C23H31NO6/c1-5-29-19-8-7-15(12-20(19)30-6-2)11-17(25)22-16(24-10-9-21(27)28)13-23(3,4)14-18(22)26/h7-8,12,22H,5-6,9-11,13-14H2,1-4H3,(H,27,28)/t22-/m1/s1. The normalized spacial score (nSPS) is 19.5. The molecule has 0 aliphatic heterocycles. The van der Waals surface area contributed by atoms with Crippen LogP contribution < -0.4 is 9.47 Å². The van der Waals surface area contributed by atoms with Gasteiger partial charge in [-0.1, -0.05) is 19.9 Å². The molecule has 0 aromatic heterocycles. The van der Waals surface area contributed by atoms with Crippen molar-refractivity contribution in [1.82, 2.24) is 0 Å². The number of Topliss-reactive ketones (excluding diaryl/α,β-unsaturated/α-hetero) is 2. The molecule has 1 aliphatic rings. The number of aliphatic carboxylic acids is 1. The van der Waals surface area contributed by atoms with E-state index in [0.29, 0.717) is 43.3 Å². The van der Waals surface area contributed by atoms with Gasteiger partial charge in [-0.25, -0.2) is 0 Å². The smallest absolute Gasteiger partial charge is 0.305 e.